The van der Waals surface area contributed by atoms with Gasteiger partial charge in [0.1, 0.15) is 5.82 Å². The maximum Gasteiger partial charge on any atom is 0.238 e. The molecule has 0 unspecified atom stereocenters. The second kappa shape index (κ2) is 6.35. The zero-order valence-electron chi connectivity index (χ0n) is 11.0. The molecular formula is C14H18ClFN2O. The number of hydrogen-bond donors (Lipinski definition) is 1. The summed E-state index contributed by atoms with van der Waals surface area (Å²) >= 11 is 5.87. The fourth-order valence-electron chi connectivity index (χ4n) is 2.41. The number of carbonyl (C=O) groups excluding carboxylic acids is 1. The molecule has 1 saturated heterocycles. The number of nitrogens with one attached hydrogen (secondary N) is 1. The van der Waals surface area contributed by atoms with E-state index in [1.54, 1.807) is 0 Å². The highest BCUT2D eigenvalue weighted by Gasteiger charge is 2.18. The Labute approximate surface area is 117 Å². The Hall–Kier alpha value is -1.13. The average molecular weight is 285 g/mol. The Morgan fingerprint density at radius 2 is 2.37 bits per heavy atom. The Bertz CT molecular complexity index is 467. The van der Waals surface area contributed by atoms with Crippen LogP contribution >= 0.6 is 11.6 Å². The summed E-state index contributed by atoms with van der Waals surface area (Å²) in [5.41, 5.74) is 0.457. The van der Waals surface area contributed by atoms with Gasteiger partial charge in [-0.05, 0) is 43.5 Å². The lowest BCUT2D eigenvalue weighted by Crippen LogP contribution is -2.39. The van der Waals surface area contributed by atoms with Crippen LogP contribution in [0.2, 0.25) is 5.02 Å². The molecule has 1 aliphatic rings. The minimum atomic E-state index is -0.409. The molecule has 2 rings (SSSR count). The predicted molar refractivity (Wildman–Crippen MR) is 74.9 cm³/mol. The topological polar surface area (TPSA) is 32.3 Å². The Morgan fingerprint density at radius 1 is 1.58 bits per heavy atom. The van der Waals surface area contributed by atoms with E-state index in [2.05, 4.69) is 17.1 Å². The molecule has 1 atom stereocenters. The van der Waals surface area contributed by atoms with Crippen LogP contribution in [0.5, 0.6) is 0 Å². The summed E-state index contributed by atoms with van der Waals surface area (Å²) in [6.45, 7) is 4.46. The van der Waals surface area contributed by atoms with E-state index in [0.29, 0.717) is 18.2 Å². The lowest BCUT2D eigenvalue weighted by Gasteiger charge is -2.30. The molecule has 1 aliphatic heterocycles. The summed E-state index contributed by atoms with van der Waals surface area (Å²) in [6.07, 6.45) is 2.35. The molecule has 0 saturated carbocycles. The van der Waals surface area contributed by atoms with Crippen LogP contribution in [-0.4, -0.2) is 30.4 Å². The smallest absolute Gasteiger partial charge is 0.238 e. The van der Waals surface area contributed by atoms with E-state index in [4.69, 9.17) is 11.6 Å². The molecule has 0 bridgehead atoms. The van der Waals surface area contributed by atoms with Crippen LogP contribution in [0.1, 0.15) is 19.8 Å². The summed E-state index contributed by atoms with van der Waals surface area (Å²) in [7, 11) is 0. The molecule has 19 heavy (non-hydrogen) atoms. The van der Waals surface area contributed by atoms with Gasteiger partial charge in [-0.15, -0.1) is 0 Å². The fourth-order valence-corrected chi connectivity index (χ4v) is 2.63. The molecule has 1 fully saturated rings. The average Bonchev–Trinajstić information content (AvgIpc) is 2.33. The van der Waals surface area contributed by atoms with Crippen molar-refractivity contribution in [2.75, 3.05) is 25.0 Å². The highest BCUT2D eigenvalue weighted by atomic mass is 35.5. The van der Waals surface area contributed by atoms with E-state index in [1.807, 2.05) is 0 Å². The van der Waals surface area contributed by atoms with Crippen LogP contribution in [0.3, 0.4) is 0 Å². The van der Waals surface area contributed by atoms with Crippen molar-refractivity contribution in [1.29, 1.82) is 0 Å². The van der Waals surface area contributed by atoms with Crippen LogP contribution in [0, 0.1) is 11.7 Å². The molecule has 0 aromatic heterocycles. The van der Waals surface area contributed by atoms with Gasteiger partial charge in [0.15, 0.2) is 0 Å². The van der Waals surface area contributed by atoms with E-state index in [-0.39, 0.29) is 10.9 Å². The Kier molecular flexibility index (Phi) is 4.77. The lowest BCUT2D eigenvalue weighted by molar-refractivity contribution is -0.117. The molecule has 0 radical (unpaired) electrons. The van der Waals surface area contributed by atoms with Gasteiger partial charge < -0.3 is 5.32 Å². The van der Waals surface area contributed by atoms with Crippen LogP contribution in [0.15, 0.2) is 18.2 Å². The van der Waals surface area contributed by atoms with Crippen molar-refractivity contribution in [3.63, 3.8) is 0 Å². The van der Waals surface area contributed by atoms with Gasteiger partial charge in [0.25, 0.3) is 0 Å². The third kappa shape index (κ3) is 4.18. The number of hydrogen-bond acceptors (Lipinski definition) is 2. The van der Waals surface area contributed by atoms with Gasteiger partial charge in [-0.1, -0.05) is 18.5 Å². The van der Waals surface area contributed by atoms with Gasteiger partial charge in [0.05, 0.1) is 17.3 Å². The number of nitrogens with zero attached hydrogens (tertiary/aromatic N) is 1. The van der Waals surface area contributed by atoms with Crippen molar-refractivity contribution in [3.05, 3.63) is 29.0 Å². The second-order valence-electron chi connectivity index (χ2n) is 5.15. The van der Waals surface area contributed by atoms with Crippen molar-refractivity contribution >= 4 is 23.2 Å². The van der Waals surface area contributed by atoms with E-state index in [9.17, 15) is 9.18 Å². The number of benzene rings is 1. The molecule has 3 nitrogen and oxygen atoms in total. The second-order valence-corrected chi connectivity index (χ2v) is 5.56. The quantitative estimate of drug-likeness (QED) is 0.925. The van der Waals surface area contributed by atoms with Gasteiger partial charge in [-0.3, -0.25) is 9.69 Å². The zero-order chi connectivity index (χ0) is 13.8. The molecule has 0 spiro atoms. The summed E-state index contributed by atoms with van der Waals surface area (Å²) in [5.74, 6) is 0.117. The van der Waals surface area contributed by atoms with E-state index in [1.165, 1.54) is 24.6 Å². The summed E-state index contributed by atoms with van der Waals surface area (Å²) in [6, 6.07) is 3.96. The highest BCUT2D eigenvalue weighted by molar-refractivity contribution is 6.33. The first-order valence-corrected chi connectivity index (χ1v) is 6.89. The van der Waals surface area contributed by atoms with Gasteiger partial charge in [0.2, 0.25) is 5.91 Å². The highest BCUT2D eigenvalue weighted by Crippen LogP contribution is 2.22. The molecule has 0 aliphatic carbocycles. The first-order valence-electron chi connectivity index (χ1n) is 6.52. The summed E-state index contributed by atoms with van der Waals surface area (Å²) < 4.78 is 12.9. The zero-order valence-corrected chi connectivity index (χ0v) is 11.7. The number of piperidine rings is 1. The molecule has 1 N–H and O–H groups in total. The van der Waals surface area contributed by atoms with Crippen LogP contribution in [0.4, 0.5) is 10.1 Å². The molecule has 1 amide bonds. The SMILES string of the molecule is C[C@@H]1CCCN(CC(=O)Nc2ccc(F)cc2Cl)C1. The van der Waals surface area contributed by atoms with Crippen molar-refractivity contribution in [3.8, 4) is 0 Å². The third-order valence-electron chi connectivity index (χ3n) is 3.31. The number of carbonyl (C=O) groups is 1. The van der Waals surface area contributed by atoms with E-state index >= 15 is 0 Å². The van der Waals surface area contributed by atoms with Crippen molar-refractivity contribution in [2.24, 2.45) is 5.92 Å². The first-order chi connectivity index (χ1) is 9.04. The maximum atomic E-state index is 12.9. The van der Waals surface area contributed by atoms with Crippen molar-refractivity contribution in [1.82, 2.24) is 4.90 Å². The number of likely N-dealkylation sites (tertiary alicyclic amines) is 1. The molecule has 104 valence electrons. The van der Waals surface area contributed by atoms with E-state index in [0.717, 1.165) is 19.5 Å². The van der Waals surface area contributed by atoms with Gasteiger partial charge >= 0.3 is 0 Å². The number of halogens is 2. The largest absolute Gasteiger partial charge is 0.324 e. The maximum absolute atomic E-state index is 12.9. The monoisotopic (exact) mass is 284 g/mol. The van der Waals surface area contributed by atoms with Gasteiger partial charge in [-0.2, -0.15) is 0 Å². The lowest BCUT2D eigenvalue weighted by atomic mass is 10.0. The Balaban J connectivity index is 1.90. The fraction of sp³-hybridized carbons (Fsp3) is 0.500. The molecule has 1 aromatic carbocycles. The van der Waals surface area contributed by atoms with Crippen LogP contribution < -0.4 is 5.32 Å². The number of anilines is 1. The molecule has 5 heteroatoms. The number of rotatable bonds is 3. The first kappa shape index (κ1) is 14.3. The number of amides is 1. The molecular weight excluding hydrogens is 267 g/mol. The van der Waals surface area contributed by atoms with Crippen molar-refractivity contribution < 1.29 is 9.18 Å². The van der Waals surface area contributed by atoms with Crippen LogP contribution in [-0.2, 0) is 4.79 Å². The normalized spacial score (nSPS) is 20.3. The standard InChI is InChI=1S/C14H18ClFN2O/c1-10-3-2-6-18(8-10)9-14(19)17-13-5-4-11(16)7-12(13)15/h4-5,7,10H,2-3,6,8-9H2,1H3,(H,17,19)/t10-/m1/s1. The van der Waals surface area contributed by atoms with Crippen LogP contribution in [0.25, 0.3) is 0 Å². The molecule has 1 heterocycles. The minimum absolute atomic E-state index is 0.109. The Morgan fingerprint density at radius 3 is 3.05 bits per heavy atom. The predicted octanol–water partition coefficient (Wildman–Crippen LogP) is 3.15. The van der Waals surface area contributed by atoms with Gasteiger partial charge in [0, 0.05) is 6.54 Å². The van der Waals surface area contributed by atoms with Crippen molar-refractivity contribution in [2.45, 2.75) is 19.8 Å². The molecule has 1 aromatic rings. The third-order valence-corrected chi connectivity index (χ3v) is 3.63. The summed E-state index contributed by atoms with van der Waals surface area (Å²) in [4.78, 5) is 14.1. The van der Waals surface area contributed by atoms with Gasteiger partial charge in [-0.25, -0.2) is 4.39 Å². The minimum Gasteiger partial charge on any atom is -0.324 e. The summed E-state index contributed by atoms with van der Waals surface area (Å²) in [5, 5.41) is 2.94. The van der Waals surface area contributed by atoms with E-state index < -0.39 is 5.82 Å².